The Morgan fingerprint density at radius 1 is 1.13 bits per heavy atom. The molecule has 1 saturated heterocycles. The number of hydrogen-bond donors (Lipinski definition) is 2. The van der Waals surface area contributed by atoms with Crippen molar-refractivity contribution in [3.63, 3.8) is 0 Å². The number of ether oxygens (including phenoxy) is 1. The van der Waals surface area contributed by atoms with E-state index in [0.29, 0.717) is 85.2 Å². The molecule has 1 unspecified atom stereocenters. The Kier molecular flexibility index (Phi) is 9.23. The van der Waals surface area contributed by atoms with Gasteiger partial charge in [-0.3, -0.25) is 4.98 Å². The lowest BCUT2D eigenvalue weighted by Crippen LogP contribution is -2.42. The SMILES string of the molecule is COc1ccc2ncc(CN)c(C(F)CCC3(CO)CCN(CCCc4c(F)cc(F)cc4F)CC3)c2c1. The molecule has 1 aliphatic heterocycles. The summed E-state index contributed by atoms with van der Waals surface area (Å²) in [6, 6.07) is 6.78. The van der Waals surface area contributed by atoms with Crippen LogP contribution in [0.1, 0.15) is 55.0 Å². The van der Waals surface area contributed by atoms with Gasteiger partial charge in [-0.2, -0.15) is 0 Å². The molecule has 1 aromatic heterocycles. The van der Waals surface area contributed by atoms with E-state index >= 15 is 4.39 Å². The van der Waals surface area contributed by atoms with Crippen LogP contribution in [0.25, 0.3) is 10.9 Å². The first-order valence-electron chi connectivity index (χ1n) is 13.1. The largest absolute Gasteiger partial charge is 0.497 e. The number of hydrogen-bond acceptors (Lipinski definition) is 5. The van der Waals surface area contributed by atoms with Crippen LogP contribution >= 0.6 is 0 Å². The average molecular weight is 534 g/mol. The molecule has 5 nitrogen and oxygen atoms in total. The number of aliphatic hydroxyl groups excluding tert-OH is 1. The molecule has 1 atom stereocenters. The second-order valence-corrected chi connectivity index (χ2v) is 10.2. The second kappa shape index (κ2) is 12.4. The van der Waals surface area contributed by atoms with E-state index in [1.807, 2.05) is 0 Å². The number of methoxy groups -OCH3 is 1. The van der Waals surface area contributed by atoms with Gasteiger partial charge in [0.25, 0.3) is 0 Å². The highest BCUT2D eigenvalue weighted by Gasteiger charge is 2.35. The first kappa shape index (κ1) is 28.3. The highest BCUT2D eigenvalue weighted by Crippen LogP contribution is 2.41. The van der Waals surface area contributed by atoms with Gasteiger partial charge in [0, 0.05) is 48.0 Å². The van der Waals surface area contributed by atoms with Gasteiger partial charge >= 0.3 is 0 Å². The fourth-order valence-corrected chi connectivity index (χ4v) is 5.50. The zero-order chi connectivity index (χ0) is 27.3. The molecule has 4 rings (SSSR count). The van der Waals surface area contributed by atoms with E-state index in [9.17, 15) is 18.3 Å². The van der Waals surface area contributed by atoms with Gasteiger partial charge in [-0.25, -0.2) is 17.6 Å². The monoisotopic (exact) mass is 533 g/mol. The van der Waals surface area contributed by atoms with E-state index in [1.165, 1.54) is 0 Å². The number of nitrogens with zero attached hydrogens (tertiary/aromatic N) is 2. The number of pyridine rings is 1. The average Bonchev–Trinajstić information content (AvgIpc) is 2.92. The van der Waals surface area contributed by atoms with Crippen molar-refractivity contribution in [3.8, 4) is 5.75 Å². The van der Waals surface area contributed by atoms with Gasteiger partial charge in [-0.05, 0) is 87.3 Å². The Hall–Kier alpha value is -2.75. The molecule has 206 valence electrons. The summed E-state index contributed by atoms with van der Waals surface area (Å²) in [4.78, 5) is 6.60. The molecular weight excluding hydrogens is 498 g/mol. The highest BCUT2D eigenvalue weighted by atomic mass is 19.1. The van der Waals surface area contributed by atoms with Crippen molar-refractivity contribution in [2.45, 2.75) is 51.2 Å². The minimum absolute atomic E-state index is 0.0335. The zero-order valence-corrected chi connectivity index (χ0v) is 21.7. The lowest BCUT2D eigenvalue weighted by atomic mass is 9.74. The van der Waals surface area contributed by atoms with Gasteiger partial charge in [0.2, 0.25) is 0 Å². The molecule has 9 heteroatoms. The lowest BCUT2D eigenvalue weighted by Gasteiger charge is -2.41. The first-order valence-corrected chi connectivity index (χ1v) is 13.1. The quantitative estimate of drug-likeness (QED) is 0.313. The minimum Gasteiger partial charge on any atom is -0.497 e. The van der Waals surface area contributed by atoms with Crippen LogP contribution in [-0.2, 0) is 13.0 Å². The predicted molar refractivity (Wildman–Crippen MR) is 139 cm³/mol. The van der Waals surface area contributed by atoms with E-state index in [1.54, 1.807) is 31.5 Å². The Morgan fingerprint density at radius 3 is 2.47 bits per heavy atom. The highest BCUT2D eigenvalue weighted by molar-refractivity contribution is 5.85. The van der Waals surface area contributed by atoms with E-state index in [4.69, 9.17) is 10.5 Å². The number of nitrogens with two attached hydrogens (primary N) is 1. The molecule has 0 radical (unpaired) electrons. The molecule has 3 N–H and O–H groups in total. The molecule has 38 heavy (non-hydrogen) atoms. The predicted octanol–water partition coefficient (Wildman–Crippen LogP) is 5.62. The molecule has 3 aromatic rings. The fourth-order valence-electron chi connectivity index (χ4n) is 5.50. The summed E-state index contributed by atoms with van der Waals surface area (Å²) in [5.41, 5.74) is 7.28. The number of rotatable bonds is 11. The van der Waals surface area contributed by atoms with Crippen molar-refractivity contribution >= 4 is 10.9 Å². The van der Waals surface area contributed by atoms with Crippen LogP contribution in [0.15, 0.2) is 36.5 Å². The van der Waals surface area contributed by atoms with Crippen LogP contribution in [0.5, 0.6) is 5.75 Å². The van der Waals surface area contributed by atoms with Crippen LogP contribution in [0.2, 0.25) is 0 Å². The zero-order valence-electron chi connectivity index (χ0n) is 21.7. The molecule has 0 amide bonds. The van der Waals surface area contributed by atoms with Crippen LogP contribution < -0.4 is 10.5 Å². The normalized spacial score (nSPS) is 16.6. The van der Waals surface area contributed by atoms with Crippen molar-refractivity contribution in [1.29, 1.82) is 0 Å². The van der Waals surface area contributed by atoms with Crippen LogP contribution in [0.3, 0.4) is 0 Å². The maximum atomic E-state index is 15.8. The number of halogens is 4. The third-order valence-corrected chi connectivity index (χ3v) is 7.92. The molecule has 0 bridgehead atoms. The second-order valence-electron chi connectivity index (χ2n) is 10.2. The van der Waals surface area contributed by atoms with Crippen molar-refractivity contribution in [1.82, 2.24) is 9.88 Å². The third-order valence-electron chi connectivity index (χ3n) is 7.92. The smallest absolute Gasteiger partial charge is 0.132 e. The molecule has 0 saturated carbocycles. The van der Waals surface area contributed by atoms with E-state index < -0.39 is 23.6 Å². The van der Waals surface area contributed by atoms with Crippen molar-refractivity contribution in [2.75, 3.05) is 33.4 Å². The lowest BCUT2D eigenvalue weighted by molar-refractivity contribution is 0.0299. The standard InChI is InChI=1S/C29H35F4N3O2/c1-38-21-4-5-27-23(15-21)28(19(16-34)17-35-27)24(31)6-7-29(18-37)8-11-36(12-9-29)10-2-3-22-25(32)13-20(30)14-26(22)33/h4-5,13-15,17,24,37H,2-3,6-12,16,18,34H2,1H3. The molecule has 0 spiro atoms. The molecule has 1 aliphatic rings. The Labute approximate surface area is 220 Å². The minimum atomic E-state index is -1.27. The number of piperidine rings is 1. The molecule has 2 heterocycles. The van der Waals surface area contributed by atoms with Crippen molar-refractivity contribution in [3.05, 3.63) is 70.7 Å². The Morgan fingerprint density at radius 2 is 1.84 bits per heavy atom. The van der Waals surface area contributed by atoms with Gasteiger partial charge < -0.3 is 20.5 Å². The van der Waals surface area contributed by atoms with Crippen LogP contribution in [0.4, 0.5) is 17.6 Å². The molecule has 2 aromatic carbocycles. The summed E-state index contributed by atoms with van der Waals surface area (Å²) in [7, 11) is 1.56. The maximum absolute atomic E-state index is 15.8. The van der Waals surface area contributed by atoms with Gasteiger partial charge in [0.15, 0.2) is 0 Å². The van der Waals surface area contributed by atoms with Crippen LogP contribution in [-0.4, -0.2) is 48.3 Å². The number of aliphatic hydroxyl groups is 1. The third kappa shape index (κ3) is 6.27. The summed E-state index contributed by atoms with van der Waals surface area (Å²) in [6.45, 7) is 2.18. The Bertz CT molecular complexity index is 1220. The van der Waals surface area contributed by atoms with Gasteiger partial charge in [0.05, 0.1) is 12.6 Å². The summed E-state index contributed by atoms with van der Waals surface area (Å²) in [5, 5.41) is 10.9. The topological polar surface area (TPSA) is 71.6 Å². The first-order chi connectivity index (χ1) is 18.3. The fraction of sp³-hybridized carbons (Fsp3) is 0.483. The van der Waals surface area contributed by atoms with Gasteiger partial charge in [-0.1, -0.05) is 0 Å². The number of alkyl halides is 1. The molecule has 1 fully saturated rings. The Balaban J connectivity index is 1.35. The molecular formula is C29H35F4N3O2. The summed E-state index contributed by atoms with van der Waals surface area (Å²) >= 11 is 0. The number of benzene rings is 2. The number of aromatic nitrogens is 1. The summed E-state index contributed by atoms with van der Waals surface area (Å²) in [6.07, 6.45) is 3.22. The van der Waals surface area contributed by atoms with Gasteiger partial charge in [-0.15, -0.1) is 0 Å². The van der Waals surface area contributed by atoms with Crippen molar-refractivity contribution in [2.24, 2.45) is 11.1 Å². The van der Waals surface area contributed by atoms with E-state index in [-0.39, 0.29) is 37.0 Å². The van der Waals surface area contributed by atoms with Crippen LogP contribution in [0, 0.1) is 22.9 Å². The van der Waals surface area contributed by atoms with E-state index in [2.05, 4.69) is 9.88 Å². The maximum Gasteiger partial charge on any atom is 0.132 e. The van der Waals surface area contributed by atoms with E-state index in [0.717, 1.165) is 0 Å². The summed E-state index contributed by atoms with van der Waals surface area (Å²) < 4.78 is 62.1. The number of fused-ring (bicyclic) bond motifs is 1. The van der Waals surface area contributed by atoms with Crippen molar-refractivity contribution < 1.29 is 27.4 Å². The summed E-state index contributed by atoms with van der Waals surface area (Å²) in [5.74, 6) is -2.03. The molecule has 0 aliphatic carbocycles. The van der Waals surface area contributed by atoms with Gasteiger partial charge in [0.1, 0.15) is 29.4 Å². The number of likely N-dealkylation sites (tertiary alicyclic amines) is 1.